The topological polar surface area (TPSA) is 101 Å². The van der Waals surface area contributed by atoms with Gasteiger partial charge in [0.15, 0.2) is 0 Å². The number of anilines is 1. The van der Waals surface area contributed by atoms with Crippen LogP contribution in [0.4, 0.5) is 23.4 Å². The van der Waals surface area contributed by atoms with E-state index in [1.807, 2.05) is 0 Å². The first-order valence-corrected chi connectivity index (χ1v) is 11.6. The first kappa shape index (κ1) is 25.3. The number of nitrogens with one attached hydrogen (secondary N) is 1. The first-order valence-electron chi connectivity index (χ1n) is 11.6. The molecule has 1 aromatic heterocycles. The lowest BCUT2D eigenvalue weighted by atomic mass is 10.0. The summed E-state index contributed by atoms with van der Waals surface area (Å²) in [5.74, 6) is -2.25. The van der Waals surface area contributed by atoms with Crippen molar-refractivity contribution in [1.82, 2.24) is 10.3 Å². The summed E-state index contributed by atoms with van der Waals surface area (Å²) in [5.41, 5.74) is 0.219. The number of carboxylic acids is 1. The number of halogens is 4. The molecule has 0 atom stereocenters. The van der Waals surface area contributed by atoms with E-state index >= 15 is 0 Å². The molecule has 198 valence electrons. The quantitative estimate of drug-likeness (QED) is 0.413. The third-order valence-electron chi connectivity index (χ3n) is 6.35. The molecule has 38 heavy (non-hydrogen) atoms. The number of hydrogen-bond acceptors (Lipinski definition) is 6. The molecule has 1 saturated carbocycles. The Morgan fingerprint density at radius 1 is 1.05 bits per heavy atom. The van der Waals surface area contributed by atoms with Gasteiger partial charge in [-0.25, -0.2) is 14.2 Å². The second-order valence-electron chi connectivity index (χ2n) is 9.11. The molecule has 2 fully saturated rings. The number of carboxylic acid groups (broad SMARTS) is 1. The number of nitrogens with zero attached hydrogens (tertiary/aromatic N) is 2. The van der Waals surface area contributed by atoms with Crippen LogP contribution in [0.3, 0.4) is 0 Å². The van der Waals surface area contributed by atoms with Gasteiger partial charge in [0.2, 0.25) is 0 Å². The Kier molecular flexibility index (Phi) is 6.33. The average molecular weight is 531 g/mol. The Bertz CT molecular complexity index is 1370. The maximum Gasteiger partial charge on any atom is 0.573 e. The minimum Gasteiger partial charge on any atom is -0.487 e. The summed E-state index contributed by atoms with van der Waals surface area (Å²) in [7, 11) is 0. The highest BCUT2D eigenvalue weighted by Gasteiger charge is 2.46. The summed E-state index contributed by atoms with van der Waals surface area (Å²) in [4.78, 5) is 30.1. The van der Waals surface area contributed by atoms with Crippen LogP contribution in [-0.2, 0) is 5.54 Å². The van der Waals surface area contributed by atoms with Crippen molar-refractivity contribution in [1.29, 1.82) is 0 Å². The van der Waals surface area contributed by atoms with E-state index < -0.39 is 41.4 Å². The van der Waals surface area contributed by atoms with Crippen LogP contribution in [0.25, 0.3) is 0 Å². The molecule has 5 rings (SSSR count). The van der Waals surface area contributed by atoms with Crippen molar-refractivity contribution in [3.05, 3.63) is 83.3 Å². The van der Waals surface area contributed by atoms with E-state index in [2.05, 4.69) is 15.0 Å². The van der Waals surface area contributed by atoms with Crippen LogP contribution in [0.1, 0.15) is 39.1 Å². The minimum absolute atomic E-state index is 0.0254. The van der Waals surface area contributed by atoms with Gasteiger partial charge in [-0.05, 0) is 48.7 Å². The van der Waals surface area contributed by atoms with E-state index in [0.717, 1.165) is 30.0 Å². The van der Waals surface area contributed by atoms with E-state index in [4.69, 9.17) is 9.84 Å². The number of hydrogen-bond donors (Lipinski definition) is 2. The molecule has 2 heterocycles. The molecule has 2 N–H and O–H groups in total. The zero-order chi connectivity index (χ0) is 27.1. The number of amides is 1. The van der Waals surface area contributed by atoms with Gasteiger partial charge in [-0.15, -0.1) is 13.2 Å². The fraction of sp³-hybridized carbons (Fsp3) is 0.269. The summed E-state index contributed by atoms with van der Waals surface area (Å²) >= 11 is 0. The molecular weight excluding hydrogens is 510 g/mol. The summed E-state index contributed by atoms with van der Waals surface area (Å²) in [5, 5.41) is 12.0. The Labute approximate surface area is 213 Å². The number of carbonyl (C=O) groups is 2. The van der Waals surface area contributed by atoms with Gasteiger partial charge in [-0.1, -0.05) is 18.2 Å². The summed E-state index contributed by atoms with van der Waals surface area (Å²) in [6, 6.07) is 12.5. The van der Waals surface area contributed by atoms with Gasteiger partial charge in [0.25, 0.3) is 5.91 Å². The van der Waals surface area contributed by atoms with E-state index in [1.54, 1.807) is 17.0 Å². The summed E-state index contributed by atoms with van der Waals surface area (Å²) in [6.07, 6.45) is -2.95. The minimum atomic E-state index is -4.82. The molecule has 2 aliphatic rings. The van der Waals surface area contributed by atoms with Crippen LogP contribution in [0.2, 0.25) is 0 Å². The molecule has 0 spiro atoms. The second-order valence-corrected chi connectivity index (χ2v) is 9.11. The molecule has 0 radical (unpaired) electrons. The van der Waals surface area contributed by atoms with Gasteiger partial charge in [0, 0.05) is 6.07 Å². The standard InChI is InChI=1S/C26H21F4N3O5/c27-17-10-21(23(34)32-25(8-9-25)16-6-4-15(5-7-16)24(35)36)22(31-12-17)33-13-20(14-33)37-18-2-1-3-19(11-18)38-26(28,29)30/h1-7,10-12,20H,8-9,13-14H2,(H,32,34)(H,35,36). The third kappa shape index (κ3) is 5.48. The second kappa shape index (κ2) is 9.51. The highest BCUT2D eigenvalue weighted by atomic mass is 19.4. The van der Waals surface area contributed by atoms with Crippen molar-refractivity contribution in [3.63, 3.8) is 0 Å². The third-order valence-corrected chi connectivity index (χ3v) is 6.35. The van der Waals surface area contributed by atoms with Crippen molar-refractivity contribution >= 4 is 17.7 Å². The normalized spacial score (nSPS) is 16.4. The van der Waals surface area contributed by atoms with Crippen molar-refractivity contribution in [2.75, 3.05) is 18.0 Å². The maximum atomic E-state index is 14.1. The van der Waals surface area contributed by atoms with Gasteiger partial charge < -0.3 is 24.8 Å². The molecule has 0 unspecified atom stereocenters. The van der Waals surface area contributed by atoms with Crippen LogP contribution >= 0.6 is 0 Å². The zero-order valence-electron chi connectivity index (χ0n) is 19.7. The Morgan fingerprint density at radius 3 is 2.37 bits per heavy atom. The summed E-state index contributed by atoms with van der Waals surface area (Å²) < 4.78 is 61.1. The molecule has 0 bridgehead atoms. The van der Waals surface area contributed by atoms with Crippen LogP contribution in [0.5, 0.6) is 11.5 Å². The molecule has 3 aromatic rings. The number of rotatable bonds is 8. The average Bonchev–Trinajstić information content (AvgIpc) is 3.61. The van der Waals surface area contributed by atoms with E-state index in [0.29, 0.717) is 12.8 Å². The number of alkyl halides is 3. The Hall–Kier alpha value is -4.35. The van der Waals surface area contributed by atoms with E-state index in [9.17, 15) is 27.2 Å². The lowest BCUT2D eigenvalue weighted by molar-refractivity contribution is -0.274. The zero-order valence-corrected chi connectivity index (χ0v) is 19.7. The van der Waals surface area contributed by atoms with Crippen LogP contribution < -0.4 is 19.7 Å². The predicted octanol–water partition coefficient (Wildman–Crippen LogP) is 4.50. The van der Waals surface area contributed by atoms with Crippen molar-refractivity contribution < 1.29 is 41.7 Å². The Balaban J connectivity index is 1.25. The monoisotopic (exact) mass is 531 g/mol. The van der Waals surface area contributed by atoms with Gasteiger partial charge in [-0.3, -0.25) is 4.79 Å². The SMILES string of the molecule is O=C(O)c1ccc(C2(NC(=O)c3cc(F)cnc3N3CC(Oc4cccc(OC(F)(F)F)c4)C3)CC2)cc1. The van der Waals surface area contributed by atoms with Crippen LogP contribution in [0.15, 0.2) is 60.8 Å². The lowest BCUT2D eigenvalue weighted by Crippen LogP contribution is -2.55. The number of aromatic nitrogens is 1. The highest BCUT2D eigenvalue weighted by molar-refractivity contribution is 5.99. The lowest BCUT2D eigenvalue weighted by Gasteiger charge is -2.40. The number of aromatic carboxylic acids is 1. The maximum absolute atomic E-state index is 14.1. The molecule has 12 heteroatoms. The molecule has 1 saturated heterocycles. The fourth-order valence-electron chi connectivity index (χ4n) is 4.30. The van der Waals surface area contributed by atoms with Gasteiger partial charge in [-0.2, -0.15) is 0 Å². The smallest absolute Gasteiger partial charge is 0.487 e. The molecule has 1 aliphatic carbocycles. The van der Waals surface area contributed by atoms with E-state index in [-0.39, 0.29) is 35.8 Å². The number of benzene rings is 2. The van der Waals surface area contributed by atoms with E-state index in [1.165, 1.54) is 24.3 Å². The molecular formula is C26H21F4N3O5. The van der Waals surface area contributed by atoms with Crippen molar-refractivity contribution in [3.8, 4) is 11.5 Å². The fourth-order valence-corrected chi connectivity index (χ4v) is 4.30. The van der Waals surface area contributed by atoms with Gasteiger partial charge >= 0.3 is 12.3 Å². The molecule has 8 nitrogen and oxygen atoms in total. The molecule has 1 aliphatic heterocycles. The van der Waals surface area contributed by atoms with Crippen molar-refractivity contribution in [2.24, 2.45) is 0 Å². The molecule has 2 aromatic carbocycles. The molecule has 1 amide bonds. The largest absolute Gasteiger partial charge is 0.573 e. The number of carbonyl (C=O) groups excluding carboxylic acids is 1. The number of pyridine rings is 1. The number of ether oxygens (including phenoxy) is 2. The van der Waals surface area contributed by atoms with Crippen molar-refractivity contribution in [2.45, 2.75) is 30.8 Å². The summed E-state index contributed by atoms with van der Waals surface area (Å²) in [6.45, 7) is 0.538. The van der Waals surface area contributed by atoms with Crippen LogP contribution in [0, 0.1) is 5.82 Å². The predicted molar refractivity (Wildman–Crippen MR) is 126 cm³/mol. The van der Waals surface area contributed by atoms with Crippen LogP contribution in [-0.4, -0.2) is 47.5 Å². The Morgan fingerprint density at radius 2 is 1.74 bits per heavy atom. The van der Waals surface area contributed by atoms with Gasteiger partial charge in [0.1, 0.15) is 29.2 Å². The highest BCUT2D eigenvalue weighted by Crippen LogP contribution is 2.46. The first-order chi connectivity index (χ1) is 18.0. The van der Waals surface area contributed by atoms with Gasteiger partial charge in [0.05, 0.1) is 36.0 Å².